The summed E-state index contributed by atoms with van der Waals surface area (Å²) >= 11 is 0. The first-order valence-corrected chi connectivity index (χ1v) is 7.28. The molecular formula is C17H20N2O2. The predicted molar refractivity (Wildman–Crippen MR) is 81.3 cm³/mol. The van der Waals surface area contributed by atoms with Crippen molar-refractivity contribution in [2.24, 2.45) is 0 Å². The molecule has 0 bridgehead atoms. The van der Waals surface area contributed by atoms with Gasteiger partial charge in [0, 0.05) is 25.7 Å². The fourth-order valence-electron chi connectivity index (χ4n) is 2.84. The van der Waals surface area contributed by atoms with Gasteiger partial charge in [0.15, 0.2) is 5.76 Å². The molecule has 0 radical (unpaired) electrons. The summed E-state index contributed by atoms with van der Waals surface area (Å²) in [5, 5.41) is 0. The minimum Gasteiger partial charge on any atom is -0.461 e. The molecule has 0 N–H and O–H groups in total. The predicted octanol–water partition coefficient (Wildman–Crippen LogP) is 2.45. The highest BCUT2D eigenvalue weighted by Crippen LogP contribution is 2.24. The first kappa shape index (κ1) is 14.0. The van der Waals surface area contributed by atoms with Crippen molar-refractivity contribution in [3.63, 3.8) is 0 Å². The van der Waals surface area contributed by atoms with Crippen molar-refractivity contribution in [2.45, 2.75) is 6.04 Å². The summed E-state index contributed by atoms with van der Waals surface area (Å²) in [6.45, 7) is 3.22. The van der Waals surface area contributed by atoms with E-state index in [0.29, 0.717) is 12.3 Å². The first-order valence-electron chi connectivity index (χ1n) is 7.28. The molecule has 1 unspecified atom stereocenters. The number of hydrogen-bond donors (Lipinski definition) is 0. The van der Waals surface area contributed by atoms with E-state index in [1.807, 2.05) is 6.07 Å². The van der Waals surface area contributed by atoms with E-state index in [1.165, 1.54) is 5.56 Å². The molecule has 0 saturated carbocycles. The van der Waals surface area contributed by atoms with Gasteiger partial charge in [-0.3, -0.25) is 9.69 Å². The molecule has 0 spiro atoms. The molecule has 1 aliphatic heterocycles. The van der Waals surface area contributed by atoms with Crippen LogP contribution in [0.15, 0.2) is 53.1 Å². The summed E-state index contributed by atoms with van der Waals surface area (Å²) in [5.74, 6) is 0.492. The number of likely N-dealkylation sites (N-methyl/N-ethyl adjacent to an activating group) is 1. The number of rotatable bonds is 4. The number of benzene rings is 1. The zero-order chi connectivity index (χ0) is 14.7. The van der Waals surface area contributed by atoms with Crippen LogP contribution < -0.4 is 0 Å². The van der Waals surface area contributed by atoms with Crippen LogP contribution in [-0.2, 0) is 0 Å². The number of piperazine rings is 1. The largest absolute Gasteiger partial charge is 0.461 e. The summed E-state index contributed by atoms with van der Waals surface area (Å²) < 4.78 is 5.21. The smallest absolute Gasteiger partial charge is 0.211 e. The highest BCUT2D eigenvalue weighted by molar-refractivity contribution is 5.95. The first-order chi connectivity index (χ1) is 10.2. The Balaban J connectivity index is 1.77. The number of ketones is 1. The van der Waals surface area contributed by atoms with Crippen LogP contribution in [0.2, 0.25) is 0 Å². The fourth-order valence-corrected chi connectivity index (χ4v) is 2.84. The maximum atomic E-state index is 12.3. The maximum Gasteiger partial charge on any atom is 0.211 e. The van der Waals surface area contributed by atoms with Crippen molar-refractivity contribution in [3.8, 4) is 0 Å². The van der Waals surface area contributed by atoms with Crippen LogP contribution in [0, 0.1) is 0 Å². The second-order valence-corrected chi connectivity index (χ2v) is 5.56. The molecule has 0 amide bonds. The average molecular weight is 284 g/mol. The third-order valence-corrected chi connectivity index (χ3v) is 4.02. The highest BCUT2D eigenvalue weighted by Gasteiger charge is 2.28. The molecule has 1 atom stereocenters. The van der Waals surface area contributed by atoms with Gasteiger partial charge in [0.25, 0.3) is 0 Å². The van der Waals surface area contributed by atoms with E-state index in [1.54, 1.807) is 18.4 Å². The Morgan fingerprint density at radius 2 is 2.00 bits per heavy atom. The van der Waals surface area contributed by atoms with Crippen molar-refractivity contribution >= 4 is 5.78 Å². The molecule has 3 rings (SSSR count). The molecule has 4 nitrogen and oxygen atoms in total. The zero-order valence-corrected chi connectivity index (χ0v) is 12.2. The van der Waals surface area contributed by atoms with Crippen molar-refractivity contribution in [2.75, 3.05) is 33.2 Å². The van der Waals surface area contributed by atoms with Crippen LogP contribution in [0.3, 0.4) is 0 Å². The van der Waals surface area contributed by atoms with Gasteiger partial charge < -0.3 is 9.32 Å². The minimum atomic E-state index is 0.0467. The van der Waals surface area contributed by atoms with Crippen LogP contribution >= 0.6 is 0 Å². The van der Waals surface area contributed by atoms with Gasteiger partial charge in [0.2, 0.25) is 5.78 Å². The Bertz CT molecular complexity index is 580. The van der Waals surface area contributed by atoms with E-state index < -0.39 is 0 Å². The molecule has 2 heterocycles. The van der Waals surface area contributed by atoms with Gasteiger partial charge in [-0.2, -0.15) is 0 Å². The Morgan fingerprint density at radius 1 is 1.19 bits per heavy atom. The molecule has 1 fully saturated rings. The normalized spacial score (nSPS) is 20.5. The number of carbonyl (C=O) groups is 1. The summed E-state index contributed by atoms with van der Waals surface area (Å²) in [7, 11) is 2.13. The fraction of sp³-hybridized carbons (Fsp3) is 0.353. The lowest BCUT2D eigenvalue weighted by Gasteiger charge is -2.39. The second kappa shape index (κ2) is 6.24. The van der Waals surface area contributed by atoms with Gasteiger partial charge in [0.05, 0.1) is 12.8 Å². The summed E-state index contributed by atoms with van der Waals surface area (Å²) in [6.07, 6.45) is 1.55. The Morgan fingerprint density at radius 3 is 2.71 bits per heavy atom. The van der Waals surface area contributed by atoms with E-state index in [2.05, 4.69) is 41.1 Å². The quantitative estimate of drug-likeness (QED) is 0.808. The molecule has 2 aromatic rings. The Labute approximate surface area is 125 Å². The lowest BCUT2D eigenvalue weighted by Crippen LogP contribution is -2.48. The Hall–Kier alpha value is -1.91. The SMILES string of the molecule is CN1CCN(CC(=O)c2ccco2)C(c2ccccc2)C1. The number of nitrogens with zero attached hydrogens (tertiary/aromatic N) is 2. The molecule has 21 heavy (non-hydrogen) atoms. The standard InChI is InChI=1S/C17H20N2O2/c1-18-9-10-19(13-16(20)17-8-5-11-21-17)15(12-18)14-6-3-2-4-7-14/h2-8,11,15H,9-10,12-13H2,1H3. The van der Waals surface area contributed by atoms with Crippen LogP contribution in [0.4, 0.5) is 0 Å². The monoisotopic (exact) mass is 284 g/mol. The van der Waals surface area contributed by atoms with Crippen molar-refractivity contribution in [3.05, 3.63) is 60.1 Å². The third kappa shape index (κ3) is 3.23. The van der Waals surface area contributed by atoms with Crippen LogP contribution in [0.5, 0.6) is 0 Å². The number of Topliss-reactive ketones (excluding diaryl/α,β-unsaturated/α-hetero) is 1. The van der Waals surface area contributed by atoms with Crippen LogP contribution in [0.1, 0.15) is 22.2 Å². The van der Waals surface area contributed by atoms with E-state index in [0.717, 1.165) is 19.6 Å². The van der Waals surface area contributed by atoms with E-state index in [-0.39, 0.29) is 11.8 Å². The molecule has 1 aromatic carbocycles. The number of furan rings is 1. The molecule has 0 aliphatic carbocycles. The van der Waals surface area contributed by atoms with Gasteiger partial charge in [-0.15, -0.1) is 0 Å². The molecule has 1 aromatic heterocycles. The van der Waals surface area contributed by atoms with E-state index in [4.69, 9.17) is 4.42 Å². The van der Waals surface area contributed by atoms with Gasteiger partial charge in [-0.05, 0) is 24.7 Å². The minimum absolute atomic E-state index is 0.0467. The van der Waals surface area contributed by atoms with Gasteiger partial charge in [0.1, 0.15) is 0 Å². The van der Waals surface area contributed by atoms with E-state index in [9.17, 15) is 4.79 Å². The number of hydrogen-bond acceptors (Lipinski definition) is 4. The number of carbonyl (C=O) groups excluding carboxylic acids is 1. The van der Waals surface area contributed by atoms with Crippen LogP contribution in [0.25, 0.3) is 0 Å². The molecule has 1 saturated heterocycles. The third-order valence-electron chi connectivity index (χ3n) is 4.02. The summed E-state index contributed by atoms with van der Waals surface area (Å²) in [4.78, 5) is 16.8. The second-order valence-electron chi connectivity index (χ2n) is 5.56. The van der Waals surface area contributed by atoms with Crippen LogP contribution in [-0.4, -0.2) is 48.8 Å². The van der Waals surface area contributed by atoms with Crippen molar-refractivity contribution < 1.29 is 9.21 Å². The molecule has 1 aliphatic rings. The Kier molecular flexibility index (Phi) is 4.18. The summed E-state index contributed by atoms with van der Waals surface area (Å²) in [5.41, 5.74) is 1.26. The molecule has 110 valence electrons. The van der Waals surface area contributed by atoms with Crippen molar-refractivity contribution in [1.29, 1.82) is 0 Å². The molecular weight excluding hydrogens is 264 g/mol. The van der Waals surface area contributed by atoms with Crippen molar-refractivity contribution in [1.82, 2.24) is 9.80 Å². The maximum absolute atomic E-state index is 12.3. The van der Waals surface area contributed by atoms with Gasteiger partial charge in [-0.25, -0.2) is 0 Å². The van der Waals surface area contributed by atoms with Gasteiger partial charge in [-0.1, -0.05) is 30.3 Å². The lowest BCUT2D eigenvalue weighted by molar-refractivity contribution is 0.0683. The van der Waals surface area contributed by atoms with E-state index >= 15 is 0 Å². The van der Waals surface area contributed by atoms with Gasteiger partial charge >= 0.3 is 0 Å². The lowest BCUT2D eigenvalue weighted by atomic mass is 10.0. The molecule has 4 heteroatoms. The highest BCUT2D eigenvalue weighted by atomic mass is 16.3. The average Bonchev–Trinajstić information content (AvgIpc) is 3.04. The summed E-state index contributed by atoms with van der Waals surface area (Å²) in [6, 6.07) is 14.1. The zero-order valence-electron chi connectivity index (χ0n) is 12.2. The topological polar surface area (TPSA) is 36.7 Å².